The molecule has 0 unspecified atom stereocenters. The molecule has 2 aliphatic rings. The first-order chi connectivity index (χ1) is 19.6. The monoisotopic (exact) mass is 594 g/mol. The molecule has 0 spiro atoms. The van der Waals surface area contributed by atoms with Gasteiger partial charge >= 0.3 is 0 Å². The normalized spacial score (nSPS) is 17.1. The van der Waals surface area contributed by atoms with Crippen molar-refractivity contribution in [2.24, 2.45) is 0 Å². The minimum atomic E-state index is -0.538. The van der Waals surface area contributed by atoms with Crippen LogP contribution in [0.1, 0.15) is 93.9 Å². The van der Waals surface area contributed by atoms with E-state index in [1.165, 1.54) is 60.5 Å². The Bertz CT molecular complexity index is 1300. The molecule has 0 amide bonds. The minimum absolute atomic E-state index is 0.198. The molecule has 224 valence electrons. The molecule has 3 aromatic rings. The fraction of sp³-hybridized carbons (Fsp3) is 0.629. The van der Waals surface area contributed by atoms with Gasteiger partial charge in [-0.05, 0) is 83.9 Å². The second kappa shape index (κ2) is 12.9. The van der Waals surface area contributed by atoms with Crippen molar-refractivity contribution in [2.75, 3.05) is 36.0 Å². The first-order valence-electron chi connectivity index (χ1n) is 16.2. The molecule has 41 heavy (non-hydrogen) atoms. The number of fused-ring (bicyclic) bond motifs is 2. The smallest absolute Gasteiger partial charge is 0.201 e. The Morgan fingerprint density at radius 1 is 0.561 bits per heavy atom. The van der Waals surface area contributed by atoms with Crippen molar-refractivity contribution in [1.29, 1.82) is 0 Å². The van der Waals surface area contributed by atoms with E-state index >= 15 is 0 Å². The van der Waals surface area contributed by atoms with Crippen molar-refractivity contribution in [3.63, 3.8) is 0 Å². The van der Waals surface area contributed by atoms with Gasteiger partial charge in [-0.2, -0.15) is 0 Å². The molecule has 2 aromatic carbocycles. The highest BCUT2D eigenvalue weighted by Crippen LogP contribution is 2.49. The molecule has 6 heteroatoms. The quantitative estimate of drug-likeness (QED) is 0.193. The third kappa shape index (κ3) is 6.21. The van der Waals surface area contributed by atoms with Crippen molar-refractivity contribution in [3.8, 4) is 0 Å². The lowest BCUT2D eigenvalue weighted by Gasteiger charge is -2.33. The molecule has 2 saturated heterocycles. The minimum Gasteiger partial charge on any atom is -0.456 e. The Labute approximate surface area is 250 Å². The number of anilines is 2. The summed E-state index contributed by atoms with van der Waals surface area (Å²) in [5, 5.41) is 4.20. The van der Waals surface area contributed by atoms with Crippen LogP contribution in [0.5, 0.6) is 0 Å². The van der Waals surface area contributed by atoms with E-state index in [2.05, 4.69) is 89.5 Å². The molecule has 0 atom stereocenters. The van der Waals surface area contributed by atoms with E-state index in [1.807, 2.05) is 0 Å². The van der Waals surface area contributed by atoms with E-state index in [9.17, 15) is 4.79 Å². The average Bonchev–Trinajstić information content (AvgIpc) is 2.92. The van der Waals surface area contributed by atoms with Gasteiger partial charge in [-0.3, -0.25) is 4.79 Å². The van der Waals surface area contributed by atoms with Gasteiger partial charge in [0.1, 0.15) is 11.2 Å². The first kappa shape index (κ1) is 30.8. The Morgan fingerprint density at radius 3 is 1.22 bits per heavy atom. The molecule has 3 heterocycles. The van der Waals surface area contributed by atoms with Gasteiger partial charge < -0.3 is 14.2 Å². The van der Waals surface area contributed by atoms with Crippen LogP contribution < -0.4 is 25.8 Å². The van der Waals surface area contributed by atoms with E-state index in [-0.39, 0.29) is 5.43 Å². The van der Waals surface area contributed by atoms with E-state index in [0.29, 0.717) is 22.6 Å². The summed E-state index contributed by atoms with van der Waals surface area (Å²) in [7, 11) is -1.08. The third-order valence-electron chi connectivity index (χ3n) is 9.03. The molecule has 2 aliphatic heterocycles. The summed E-state index contributed by atoms with van der Waals surface area (Å²) in [6.45, 7) is 23.0. The molecule has 0 radical (unpaired) electrons. The third-order valence-corrected chi connectivity index (χ3v) is 15.3. The summed E-state index contributed by atoms with van der Waals surface area (Å²) in [4.78, 5) is 20.0. The van der Waals surface area contributed by atoms with E-state index < -0.39 is 15.8 Å². The molecule has 0 aliphatic carbocycles. The molecule has 0 bridgehead atoms. The number of nitrogens with zero attached hydrogens (tertiary/aromatic N) is 2. The lowest BCUT2D eigenvalue weighted by Crippen LogP contribution is -2.32. The van der Waals surface area contributed by atoms with Gasteiger partial charge in [0.05, 0.1) is 10.8 Å². The van der Waals surface area contributed by atoms with E-state index in [1.54, 1.807) is 0 Å². The van der Waals surface area contributed by atoms with Crippen LogP contribution in [0, 0.1) is 0 Å². The van der Waals surface area contributed by atoms with Gasteiger partial charge in [0, 0.05) is 49.7 Å². The van der Waals surface area contributed by atoms with Crippen LogP contribution in [0.15, 0.2) is 33.5 Å². The van der Waals surface area contributed by atoms with Gasteiger partial charge in [-0.1, -0.05) is 71.2 Å². The average molecular weight is 595 g/mol. The zero-order chi connectivity index (χ0) is 29.4. The summed E-state index contributed by atoms with van der Waals surface area (Å²) in [5.41, 5.74) is 6.21. The van der Waals surface area contributed by atoms with Crippen LogP contribution >= 0.6 is 15.8 Å². The van der Waals surface area contributed by atoms with Crippen LogP contribution in [0.4, 0.5) is 11.4 Å². The van der Waals surface area contributed by atoms with Crippen molar-refractivity contribution < 1.29 is 4.42 Å². The predicted molar refractivity (Wildman–Crippen MR) is 186 cm³/mol. The number of hydrogen-bond acceptors (Lipinski definition) is 4. The van der Waals surface area contributed by atoms with Crippen molar-refractivity contribution in [1.82, 2.24) is 0 Å². The van der Waals surface area contributed by atoms with Crippen molar-refractivity contribution in [2.45, 2.75) is 117 Å². The largest absolute Gasteiger partial charge is 0.456 e. The molecule has 1 aromatic heterocycles. The molecule has 5 rings (SSSR count). The topological polar surface area (TPSA) is 36.7 Å². The summed E-state index contributed by atoms with van der Waals surface area (Å²) in [5.74, 6) is 0. The Hall–Kier alpha value is -1.63. The van der Waals surface area contributed by atoms with Crippen LogP contribution in [0.2, 0.25) is 0 Å². The first-order valence-corrected chi connectivity index (χ1v) is 19.2. The van der Waals surface area contributed by atoms with Crippen LogP contribution in [0.3, 0.4) is 0 Å². The van der Waals surface area contributed by atoms with Crippen LogP contribution in [0.25, 0.3) is 21.9 Å². The fourth-order valence-electron chi connectivity index (χ4n) is 7.42. The SMILES string of the molecule is CC(C)P(c1cc(N2CCCCC2)cc2oc3cc(N4CCCCC4)cc(P(C(C)C)C(C)C)c3c(=O)c12)C(C)C. The van der Waals surface area contributed by atoms with E-state index in [4.69, 9.17) is 4.42 Å². The second-order valence-corrected chi connectivity index (χ2v) is 20.1. The molecule has 4 nitrogen and oxygen atoms in total. The summed E-state index contributed by atoms with van der Waals surface area (Å²) < 4.78 is 6.96. The Kier molecular flexibility index (Phi) is 9.72. The van der Waals surface area contributed by atoms with Crippen molar-refractivity contribution in [3.05, 3.63) is 34.5 Å². The lowest BCUT2D eigenvalue weighted by atomic mass is 10.1. The highest BCUT2D eigenvalue weighted by molar-refractivity contribution is 7.67. The number of hydrogen-bond donors (Lipinski definition) is 0. The van der Waals surface area contributed by atoms with E-state index in [0.717, 1.165) is 48.1 Å². The number of benzene rings is 2. The lowest BCUT2D eigenvalue weighted by molar-refractivity contribution is 0.577. The maximum Gasteiger partial charge on any atom is 0.201 e. The second-order valence-electron chi connectivity index (χ2n) is 13.4. The van der Waals surface area contributed by atoms with Crippen molar-refractivity contribution >= 4 is 59.8 Å². The van der Waals surface area contributed by atoms with Gasteiger partial charge in [0.2, 0.25) is 5.43 Å². The summed E-state index contributed by atoms with van der Waals surface area (Å²) in [6.07, 6.45) is 7.53. The zero-order valence-corrected chi connectivity index (χ0v) is 28.6. The highest BCUT2D eigenvalue weighted by atomic mass is 31.1. The number of rotatable bonds is 8. The maximum atomic E-state index is 14.9. The predicted octanol–water partition coefficient (Wildman–Crippen LogP) is 8.77. The molecule has 0 saturated carbocycles. The Balaban J connectivity index is 1.86. The van der Waals surface area contributed by atoms with Crippen LogP contribution in [-0.4, -0.2) is 48.8 Å². The fourth-order valence-corrected chi connectivity index (χ4v) is 13.5. The maximum absolute atomic E-state index is 14.9. The molecular formula is C35H52N2O2P2. The molecule has 2 fully saturated rings. The van der Waals surface area contributed by atoms with Gasteiger partial charge in [-0.25, -0.2) is 0 Å². The highest BCUT2D eigenvalue weighted by Gasteiger charge is 2.30. The van der Waals surface area contributed by atoms with Gasteiger partial charge in [-0.15, -0.1) is 0 Å². The van der Waals surface area contributed by atoms with Gasteiger partial charge in [0.25, 0.3) is 0 Å². The summed E-state index contributed by atoms with van der Waals surface area (Å²) in [6, 6.07) is 9.16. The molecule has 0 N–H and O–H groups in total. The molecular weight excluding hydrogens is 542 g/mol. The summed E-state index contributed by atoms with van der Waals surface area (Å²) >= 11 is 0. The van der Waals surface area contributed by atoms with Crippen LogP contribution in [-0.2, 0) is 0 Å². The number of piperidine rings is 2. The standard InChI is InChI=1S/C35H52N2O2P2/c1-23(2)40(24(3)4)31-21-27(36-15-11-9-12-16-36)19-29-33(31)35(38)34-30(39-29)20-28(37-17-13-10-14-18-37)22-32(34)41(25(5)6)26(7)8/h19-26H,9-18H2,1-8H3. The Morgan fingerprint density at radius 2 is 0.902 bits per heavy atom. The zero-order valence-electron chi connectivity index (χ0n) is 26.8. The van der Waals surface area contributed by atoms with Gasteiger partial charge in [0.15, 0.2) is 0 Å².